The minimum atomic E-state index is -4.41. The maximum atomic E-state index is 12.6. The molecule has 1 aromatic carbocycles. The molecule has 0 atom stereocenters. The largest absolute Gasteiger partial charge is 0.416 e. The van der Waals surface area contributed by atoms with Crippen LogP contribution < -0.4 is 5.32 Å². The van der Waals surface area contributed by atoms with Crippen LogP contribution in [-0.4, -0.2) is 23.0 Å². The third-order valence-electron chi connectivity index (χ3n) is 2.26. The minimum Gasteiger partial charge on any atom is -0.303 e. The van der Waals surface area contributed by atoms with Crippen LogP contribution in [0.2, 0.25) is 0 Å². The number of nitrogens with one attached hydrogen (secondary N) is 1. The highest BCUT2D eigenvalue weighted by molar-refractivity contribution is 9.10. The van der Waals surface area contributed by atoms with Gasteiger partial charge in [0.25, 0.3) is 0 Å². The molecule has 0 saturated carbocycles. The minimum absolute atomic E-state index is 0.177. The quantitative estimate of drug-likeness (QED) is 0.646. The summed E-state index contributed by atoms with van der Waals surface area (Å²) in [7, 11) is 0. The third-order valence-corrected chi connectivity index (χ3v) is 3.84. The molecule has 2 rings (SSSR count). The Morgan fingerprint density at radius 1 is 1.40 bits per heavy atom. The van der Waals surface area contributed by atoms with Gasteiger partial charge < -0.3 is 5.32 Å². The smallest absolute Gasteiger partial charge is 0.303 e. The van der Waals surface area contributed by atoms with E-state index in [0.29, 0.717) is 9.64 Å². The number of alkyl halides is 3. The first-order chi connectivity index (χ1) is 9.36. The molecule has 1 aliphatic rings. The molecule has 106 valence electrons. The van der Waals surface area contributed by atoms with Gasteiger partial charge >= 0.3 is 6.18 Å². The van der Waals surface area contributed by atoms with E-state index in [1.165, 1.54) is 24.0 Å². The van der Waals surface area contributed by atoms with Crippen LogP contribution in [0.3, 0.4) is 0 Å². The summed E-state index contributed by atoms with van der Waals surface area (Å²) in [5.41, 5.74) is -0.517. The number of carbonyl (C=O) groups is 1. The SMILES string of the molecule is O=C1CSC(=NN=Cc2cc(C(F)(F)F)ccc2Br)N1. The van der Waals surface area contributed by atoms with E-state index in [1.807, 2.05) is 0 Å². The van der Waals surface area contributed by atoms with Crippen molar-refractivity contribution in [2.45, 2.75) is 6.18 Å². The molecule has 0 unspecified atom stereocenters. The molecule has 1 N–H and O–H groups in total. The molecule has 1 saturated heterocycles. The van der Waals surface area contributed by atoms with Crippen LogP contribution in [0.4, 0.5) is 13.2 Å². The van der Waals surface area contributed by atoms with Crippen molar-refractivity contribution in [2.75, 3.05) is 5.75 Å². The summed E-state index contributed by atoms with van der Waals surface area (Å²) < 4.78 is 38.2. The summed E-state index contributed by atoms with van der Waals surface area (Å²) in [6, 6.07) is 3.23. The first kappa shape index (κ1) is 15.0. The van der Waals surface area contributed by atoms with Crippen LogP contribution in [0, 0.1) is 0 Å². The van der Waals surface area contributed by atoms with Crippen molar-refractivity contribution in [1.29, 1.82) is 0 Å². The van der Waals surface area contributed by atoms with Gasteiger partial charge in [0.1, 0.15) is 0 Å². The summed E-state index contributed by atoms with van der Waals surface area (Å²) in [6.07, 6.45) is -3.22. The molecule has 1 aliphatic heterocycles. The van der Waals surface area contributed by atoms with Crippen molar-refractivity contribution in [3.05, 3.63) is 33.8 Å². The lowest BCUT2D eigenvalue weighted by molar-refractivity contribution is -0.137. The van der Waals surface area contributed by atoms with E-state index in [9.17, 15) is 18.0 Å². The maximum Gasteiger partial charge on any atom is 0.416 e. The van der Waals surface area contributed by atoms with Crippen LogP contribution >= 0.6 is 27.7 Å². The number of amidine groups is 1. The van der Waals surface area contributed by atoms with Gasteiger partial charge in [-0.25, -0.2) is 0 Å². The molecule has 1 heterocycles. The zero-order valence-electron chi connectivity index (χ0n) is 9.74. The number of thioether (sulfide) groups is 1. The van der Waals surface area contributed by atoms with Gasteiger partial charge in [-0.1, -0.05) is 27.7 Å². The lowest BCUT2D eigenvalue weighted by Gasteiger charge is -2.07. The Bertz CT molecular complexity index is 601. The fourth-order valence-corrected chi connectivity index (χ4v) is 2.32. The van der Waals surface area contributed by atoms with Gasteiger partial charge in [-0.3, -0.25) is 4.79 Å². The zero-order chi connectivity index (χ0) is 14.8. The average Bonchev–Trinajstić information content (AvgIpc) is 2.76. The summed E-state index contributed by atoms with van der Waals surface area (Å²) in [5, 5.41) is 10.2. The monoisotopic (exact) mass is 365 g/mol. The lowest BCUT2D eigenvalue weighted by atomic mass is 10.1. The topological polar surface area (TPSA) is 53.8 Å². The van der Waals surface area contributed by atoms with Crippen LogP contribution in [0.5, 0.6) is 0 Å². The Hall–Kier alpha value is -1.35. The molecule has 9 heteroatoms. The fourth-order valence-electron chi connectivity index (χ4n) is 1.34. The number of hydrogen-bond donors (Lipinski definition) is 1. The van der Waals surface area contributed by atoms with Gasteiger partial charge in [0.15, 0.2) is 5.17 Å². The van der Waals surface area contributed by atoms with Crippen LogP contribution in [0.15, 0.2) is 32.9 Å². The van der Waals surface area contributed by atoms with Gasteiger partial charge in [0, 0.05) is 10.0 Å². The Morgan fingerprint density at radius 2 is 2.15 bits per heavy atom. The predicted octanol–water partition coefficient (Wildman–Crippen LogP) is 3.02. The molecular formula is C11H7BrF3N3OS. The highest BCUT2D eigenvalue weighted by atomic mass is 79.9. The molecule has 4 nitrogen and oxygen atoms in total. The van der Waals surface area contributed by atoms with E-state index in [-0.39, 0.29) is 17.2 Å². The average molecular weight is 366 g/mol. The first-order valence-corrected chi connectivity index (χ1v) is 7.04. The number of carbonyl (C=O) groups excluding carboxylic acids is 1. The molecular weight excluding hydrogens is 359 g/mol. The number of benzene rings is 1. The number of hydrogen-bond acceptors (Lipinski definition) is 4. The first-order valence-electron chi connectivity index (χ1n) is 5.26. The van der Waals surface area contributed by atoms with Crippen LogP contribution in [0.1, 0.15) is 11.1 Å². The van der Waals surface area contributed by atoms with E-state index in [2.05, 4.69) is 31.4 Å². The highest BCUT2D eigenvalue weighted by Gasteiger charge is 2.30. The second-order valence-corrected chi connectivity index (χ2v) is 5.54. The molecule has 1 aromatic rings. The van der Waals surface area contributed by atoms with Crippen molar-refractivity contribution in [2.24, 2.45) is 10.2 Å². The van der Waals surface area contributed by atoms with Gasteiger partial charge in [-0.05, 0) is 18.2 Å². The van der Waals surface area contributed by atoms with Gasteiger partial charge in [0.05, 0.1) is 17.5 Å². The van der Waals surface area contributed by atoms with E-state index in [1.54, 1.807) is 0 Å². The van der Waals surface area contributed by atoms with Crippen molar-refractivity contribution >= 4 is 45.0 Å². The lowest BCUT2D eigenvalue weighted by Crippen LogP contribution is -2.19. The Kier molecular flexibility index (Phi) is 4.48. The van der Waals surface area contributed by atoms with Gasteiger partial charge in [-0.15, -0.1) is 5.10 Å². The highest BCUT2D eigenvalue weighted by Crippen LogP contribution is 2.31. The summed E-state index contributed by atoms with van der Waals surface area (Å²) in [4.78, 5) is 10.9. The second kappa shape index (κ2) is 5.96. The summed E-state index contributed by atoms with van der Waals surface area (Å²) in [6.45, 7) is 0. The standard InChI is InChI=1S/C11H7BrF3N3OS/c12-8-2-1-7(11(13,14)15)3-6(8)4-16-18-10-17-9(19)5-20-10/h1-4H,5H2,(H,17,18,19). The number of halogens is 4. The number of rotatable bonds is 2. The molecule has 0 spiro atoms. The van der Waals surface area contributed by atoms with Gasteiger partial charge in [-0.2, -0.15) is 18.3 Å². The predicted molar refractivity (Wildman–Crippen MR) is 74.8 cm³/mol. The van der Waals surface area contributed by atoms with E-state index in [0.717, 1.165) is 12.1 Å². The van der Waals surface area contributed by atoms with E-state index in [4.69, 9.17) is 0 Å². The van der Waals surface area contributed by atoms with Crippen molar-refractivity contribution < 1.29 is 18.0 Å². The number of nitrogens with zero attached hydrogens (tertiary/aromatic N) is 2. The van der Waals surface area contributed by atoms with Gasteiger partial charge in [0.2, 0.25) is 5.91 Å². The Labute approximate surface area is 124 Å². The fraction of sp³-hybridized carbons (Fsp3) is 0.182. The van der Waals surface area contributed by atoms with E-state index >= 15 is 0 Å². The molecule has 0 aliphatic carbocycles. The normalized spacial score (nSPS) is 18.0. The molecule has 0 radical (unpaired) electrons. The summed E-state index contributed by atoms with van der Waals surface area (Å²) in [5.74, 6) is 0.0888. The van der Waals surface area contributed by atoms with Crippen molar-refractivity contribution in [3.8, 4) is 0 Å². The van der Waals surface area contributed by atoms with Crippen LogP contribution in [0.25, 0.3) is 0 Å². The molecule has 1 fully saturated rings. The Morgan fingerprint density at radius 3 is 2.75 bits per heavy atom. The van der Waals surface area contributed by atoms with Crippen molar-refractivity contribution in [3.63, 3.8) is 0 Å². The molecule has 0 aromatic heterocycles. The Balaban J connectivity index is 2.18. The molecule has 0 bridgehead atoms. The maximum absolute atomic E-state index is 12.6. The second-order valence-electron chi connectivity index (χ2n) is 3.72. The van der Waals surface area contributed by atoms with E-state index < -0.39 is 11.7 Å². The zero-order valence-corrected chi connectivity index (χ0v) is 12.1. The number of amides is 1. The summed E-state index contributed by atoms with van der Waals surface area (Å²) >= 11 is 4.32. The molecule has 1 amide bonds. The third kappa shape index (κ3) is 3.83. The molecule has 20 heavy (non-hydrogen) atoms. The van der Waals surface area contributed by atoms with Crippen molar-refractivity contribution in [1.82, 2.24) is 5.32 Å². The van der Waals surface area contributed by atoms with Crippen LogP contribution in [-0.2, 0) is 11.0 Å².